The van der Waals surface area contributed by atoms with Gasteiger partial charge in [0.2, 0.25) is 5.91 Å². The zero-order valence-electron chi connectivity index (χ0n) is 12.3. The average Bonchev–Trinajstić information content (AvgIpc) is 2.47. The van der Waals surface area contributed by atoms with Crippen LogP contribution in [0.15, 0.2) is 24.3 Å². The van der Waals surface area contributed by atoms with E-state index in [2.05, 4.69) is 10.6 Å². The molecule has 0 fully saturated rings. The summed E-state index contributed by atoms with van der Waals surface area (Å²) in [5, 5.41) is 5.96. The summed E-state index contributed by atoms with van der Waals surface area (Å²) >= 11 is 0. The minimum absolute atomic E-state index is 0.0114. The first-order chi connectivity index (χ1) is 9.77. The second-order valence-corrected chi connectivity index (χ2v) is 4.43. The molecule has 5 heteroatoms. The van der Waals surface area contributed by atoms with Gasteiger partial charge in [-0.3, -0.25) is 4.79 Å². The number of benzene rings is 1. The van der Waals surface area contributed by atoms with Gasteiger partial charge in [0.15, 0.2) is 0 Å². The Balaban J connectivity index is 2.15. The van der Waals surface area contributed by atoms with Crippen molar-refractivity contribution in [1.29, 1.82) is 0 Å². The Hall–Kier alpha value is -1.59. The maximum absolute atomic E-state index is 11.6. The van der Waals surface area contributed by atoms with Crippen molar-refractivity contribution in [2.24, 2.45) is 0 Å². The van der Waals surface area contributed by atoms with Gasteiger partial charge < -0.3 is 20.1 Å². The van der Waals surface area contributed by atoms with Crippen LogP contribution in [-0.4, -0.2) is 46.4 Å². The second kappa shape index (κ2) is 10.2. The topological polar surface area (TPSA) is 59.6 Å². The first-order valence-corrected chi connectivity index (χ1v) is 6.86. The summed E-state index contributed by atoms with van der Waals surface area (Å²) in [6.45, 7) is 2.45. The summed E-state index contributed by atoms with van der Waals surface area (Å²) in [6, 6.07) is 7.84. The Morgan fingerprint density at radius 3 is 2.75 bits per heavy atom. The van der Waals surface area contributed by atoms with E-state index in [-0.39, 0.29) is 5.91 Å². The van der Waals surface area contributed by atoms with E-state index in [0.717, 1.165) is 30.7 Å². The third-order valence-corrected chi connectivity index (χ3v) is 2.90. The molecule has 0 heterocycles. The van der Waals surface area contributed by atoms with Crippen molar-refractivity contribution < 1.29 is 14.3 Å². The molecule has 1 rings (SSSR count). The molecule has 5 nitrogen and oxygen atoms in total. The molecular weight excluding hydrogens is 256 g/mol. The molecule has 0 bridgehead atoms. The van der Waals surface area contributed by atoms with Gasteiger partial charge in [0, 0.05) is 20.3 Å². The number of carbonyl (C=O) groups is 1. The van der Waals surface area contributed by atoms with E-state index in [9.17, 15) is 4.79 Å². The highest BCUT2D eigenvalue weighted by Gasteiger charge is 2.03. The summed E-state index contributed by atoms with van der Waals surface area (Å²) < 4.78 is 10.2. The van der Waals surface area contributed by atoms with Gasteiger partial charge >= 0.3 is 0 Å². The maximum atomic E-state index is 11.6. The van der Waals surface area contributed by atoms with Gasteiger partial charge in [0.05, 0.1) is 13.7 Å². The van der Waals surface area contributed by atoms with Crippen LogP contribution in [0.4, 0.5) is 0 Å². The monoisotopic (exact) mass is 280 g/mol. The highest BCUT2D eigenvalue weighted by atomic mass is 16.5. The number of ether oxygens (including phenoxy) is 2. The van der Waals surface area contributed by atoms with E-state index in [0.29, 0.717) is 19.7 Å². The van der Waals surface area contributed by atoms with Crippen molar-refractivity contribution in [3.8, 4) is 5.75 Å². The molecule has 2 N–H and O–H groups in total. The third-order valence-electron chi connectivity index (χ3n) is 2.90. The first-order valence-electron chi connectivity index (χ1n) is 6.86. The minimum atomic E-state index is 0.0114. The maximum Gasteiger partial charge on any atom is 0.233 e. The summed E-state index contributed by atoms with van der Waals surface area (Å²) in [6.07, 6.45) is 1.67. The quantitative estimate of drug-likeness (QED) is 0.627. The molecule has 0 aliphatic rings. The molecule has 20 heavy (non-hydrogen) atoms. The van der Waals surface area contributed by atoms with Crippen LogP contribution in [0.2, 0.25) is 0 Å². The average molecular weight is 280 g/mol. The molecule has 0 spiro atoms. The number of carbonyl (C=O) groups excluding carboxylic acids is 1. The van der Waals surface area contributed by atoms with Crippen LogP contribution in [0.5, 0.6) is 5.75 Å². The largest absolute Gasteiger partial charge is 0.496 e. The van der Waals surface area contributed by atoms with Crippen LogP contribution in [0.1, 0.15) is 12.0 Å². The lowest BCUT2D eigenvalue weighted by atomic mass is 10.1. The Bertz CT molecular complexity index is 396. The number of hydrogen-bond acceptors (Lipinski definition) is 4. The van der Waals surface area contributed by atoms with Crippen molar-refractivity contribution in [2.45, 2.75) is 12.8 Å². The van der Waals surface area contributed by atoms with E-state index in [1.165, 1.54) is 0 Å². The number of methoxy groups -OCH3 is 2. The predicted molar refractivity (Wildman–Crippen MR) is 79.1 cm³/mol. The number of hydrogen-bond donors (Lipinski definition) is 2. The fourth-order valence-electron chi connectivity index (χ4n) is 1.85. The third kappa shape index (κ3) is 6.54. The fourth-order valence-corrected chi connectivity index (χ4v) is 1.85. The van der Waals surface area contributed by atoms with Crippen LogP contribution in [-0.2, 0) is 16.0 Å². The van der Waals surface area contributed by atoms with Gasteiger partial charge in [-0.15, -0.1) is 0 Å². The summed E-state index contributed by atoms with van der Waals surface area (Å²) in [5.41, 5.74) is 1.10. The van der Waals surface area contributed by atoms with E-state index < -0.39 is 0 Å². The fraction of sp³-hybridized carbons (Fsp3) is 0.533. The summed E-state index contributed by atoms with van der Waals surface area (Å²) in [5.74, 6) is 0.872. The van der Waals surface area contributed by atoms with Crippen molar-refractivity contribution in [2.75, 3.05) is 40.5 Å². The lowest BCUT2D eigenvalue weighted by Crippen LogP contribution is -2.35. The Morgan fingerprint density at radius 1 is 1.20 bits per heavy atom. The number of rotatable bonds is 10. The van der Waals surface area contributed by atoms with Crippen molar-refractivity contribution >= 4 is 5.91 Å². The summed E-state index contributed by atoms with van der Waals surface area (Å²) in [4.78, 5) is 11.6. The molecule has 112 valence electrons. The van der Waals surface area contributed by atoms with Crippen molar-refractivity contribution in [1.82, 2.24) is 10.6 Å². The molecule has 1 aromatic rings. The molecule has 0 saturated heterocycles. The molecular formula is C15H24N2O3. The number of amides is 1. The van der Waals surface area contributed by atoms with Gasteiger partial charge in [-0.05, 0) is 31.0 Å². The minimum Gasteiger partial charge on any atom is -0.496 e. The molecule has 0 radical (unpaired) electrons. The zero-order valence-corrected chi connectivity index (χ0v) is 12.3. The standard InChI is InChI=1S/C15H24N2O3/c1-19-11-5-9-16-12-15(18)17-10-8-13-6-3-4-7-14(13)20-2/h3-4,6-7,16H,5,8-12H2,1-2H3,(H,17,18). The van der Waals surface area contributed by atoms with Gasteiger partial charge in [0.25, 0.3) is 0 Å². The van der Waals surface area contributed by atoms with Crippen LogP contribution < -0.4 is 15.4 Å². The lowest BCUT2D eigenvalue weighted by Gasteiger charge is -2.09. The van der Waals surface area contributed by atoms with E-state index in [1.807, 2.05) is 24.3 Å². The van der Waals surface area contributed by atoms with Gasteiger partial charge in [-0.25, -0.2) is 0 Å². The predicted octanol–water partition coefficient (Wildman–Crippen LogP) is 0.980. The highest BCUT2D eigenvalue weighted by Crippen LogP contribution is 2.17. The smallest absolute Gasteiger partial charge is 0.233 e. The molecule has 0 unspecified atom stereocenters. The Kier molecular flexibility index (Phi) is 8.42. The molecule has 0 aromatic heterocycles. The van der Waals surface area contributed by atoms with Crippen molar-refractivity contribution in [3.05, 3.63) is 29.8 Å². The van der Waals surface area contributed by atoms with E-state index in [4.69, 9.17) is 9.47 Å². The normalized spacial score (nSPS) is 10.3. The molecule has 0 saturated carbocycles. The lowest BCUT2D eigenvalue weighted by molar-refractivity contribution is -0.120. The molecule has 0 atom stereocenters. The Morgan fingerprint density at radius 2 is 2.00 bits per heavy atom. The SMILES string of the molecule is COCCCNCC(=O)NCCc1ccccc1OC. The van der Waals surface area contributed by atoms with Crippen LogP contribution >= 0.6 is 0 Å². The number of para-hydroxylation sites is 1. The molecule has 0 aliphatic heterocycles. The van der Waals surface area contributed by atoms with Crippen LogP contribution in [0.25, 0.3) is 0 Å². The molecule has 0 aliphatic carbocycles. The van der Waals surface area contributed by atoms with Gasteiger partial charge in [-0.1, -0.05) is 18.2 Å². The summed E-state index contributed by atoms with van der Waals surface area (Å²) in [7, 11) is 3.33. The van der Waals surface area contributed by atoms with Crippen LogP contribution in [0.3, 0.4) is 0 Å². The Labute approximate surface area is 120 Å². The van der Waals surface area contributed by atoms with E-state index in [1.54, 1.807) is 14.2 Å². The van der Waals surface area contributed by atoms with Crippen molar-refractivity contribution in [3.63, 3.8) is 0 Å². The first kappa shape index (κ1) is 16.5. The van der Waals surface area contributed by atoms with Crippen LogP contribution in [0, 0.1) is 0 Å². The second-order valence-electron chi connectivity index (χ2n) is 4.43. The van der Waals surface area contributed by atoms with E-state index >= 15 is 0 Å². The highest BCUT2D eigenvalue weighted by molar-refractivity contribution is 5.77. The molecule has 1 amide bonds. The number of nitrogens with one attached hydrogen (secondary N) is 2. The van der Waals surface area contributed by atoms with Gasteiger partial charge in [-0.2, -0.15) is 0 Å². The van der Waals surface area contributed by atoms with Gasteiger partial charge in [0.1, 0.15) is 5.75 Å². The molecule has 1 aromatic carbocycles. The zero-order chi connectivity index (χ0) is 14.6.